The molecule has 0 aliphatic rings. The summed E-state index contributed by atoms with van der Waals surface area (Å²) in [5.74, 6) is -0.401. The summed E-state index contributed by atoms with van der Waals surface area (Å²) in [6.07, 6.45) is 8.14. The first-order valence-corrected chi connectivity index (χ1v) is 15.2. The topological polar surface area (TPSA) is 54.0 Å². The monoisotopic (exact) mass is 444 g/mol. The van der Waals surface area contributed by atoms with E-state index in [1.807, 2.05) is 20.8 Å². The number of ether oxygens (including phenoxy) is 1. The predicted octanol–water partition coefficient (Wildman–Crippen LogP) is 2.12. The van der Waals surface area contributed by atoms with Gasteiger partial charge in [0.1, 0.15) is 0 Å². The van der Waals surface area contributed by atoms with Gasteiger partial charge in [0.15, 0.2) is 29.3 Å². The molecule has 0 saturated carbocycles. The lowest BCUT2D eigenvalue weighted by Gasteiger charge is -2.32. The van der Waals surface area contributed by atoms with Gasteiger partial charge in [-0.25, -0.2) is 4.79 Å². The van der Waals surface area contributed by atoms with Crippen molar-refractivity contribution >= 4 is 44.1 Å². The van der Waals surface area contributed by atoms with Gasteiger partial charge in [0.25, 0.3) is 0 Å². The minimum absolute atomic E-state index is 0.328. The summed E-state index contributed by atoms with van der Waals surface area (Å²) in [6, 6.07) is 0.676. The van der Waals surface area contributed by atoms with Gasteiger partial charge in [0.05, 0.1) is 6.61 Å². The summed E-state index contributed by atoms with van der Waals surface area (Å²) in [4.78, 5) is 11.3. The van der Waals surface area contributed by atoms with E-state index in [1.165, 1.54) is 21.7 Å². The number of carbonyl (C=O) groups is 1. The van der Waals surface area contributed by atoms with Crippen LogP contribution in [0.3, 0.4) is 0 Å². The molecule has 0 atom stereocenters. The van der Waals surface area contributed by atoms with Crippen molar-refractivity contribution in [3.05, 3.63) is 46.5 Å². The Kier molecular flexibility index (Phi) is 14.7. The SMILES string of the molecule is C=CC(=O)OCCC[Si](O[SiH2]C(C)=CC)(O[SiH2]C(C)=CC)O[SiH2]C(C)=CC. The normalized spacial score (nSPS) is 16.7. The largest absolute Gasteiger partial charge is 0.469 e. The number of hydrogen-bond acceptors (Lipinski definition) is 5. The van der Waals surface area contributed by atoms with Crippen LogP contribution in [-0.4, -0.2) is 50.7 Å². The number of carbonyl (C=O) groups excluding carboxylic acids is 1. The molecule has 0 aliphatic carbocycles. The van der Waals surface area contributed by atoms with Crippen LogP contribution in [0.1, 0.15) is 48.0 Å². The van der Waals surface area contributed by atoms with Crippen LogP contribution < -0.4 is 0 Å². The quantitative estimate of drug-likeness (QED) is 0.178. The number of allylic oxidation sites excluding steroid dienone is 6. The number of esters is 1. The van der Waals surface area contributed by atoms with Crippen molar-refractivity contribution in [1.82, 2.24) is 0 Å². The van der Waals surface area contributed by atoms with E-state index < -0.39 is 44.1 Å². The zero-order valence-corrected chi connectivity index (χ0v) is 23.0. The Morgan fingerprint density at radius 1 is 0.889 bits per heavy atom. The maximum Gasteiger partial charge on any atom is 0.469 e. The molecule has 0 fully saturated rings. The second-order valence-corrected chi connectivity index (χ2v) is 16.0. The molecule has 154 valence electrons. The zero-order chi connectivity index (χ0) is 20.7. The van der Waals surface area contributed by atoms with Crippen LogP contribution in [0.15, 0.2) is 46.5 Å². The van der Waals surface area contributed by atoms with Crippen LogP contribution in [0.25, 0.3) is 0 Å². The Morgan fingerprint density at radius 2 is 1.30 bits per heavy atom. The lowest BCUT2D eigenvalue weighted by Crippen LogP contribution is -2.49. The van der Waals surface area contributed by atoms with E-state index in [1.54, 1.807) is 0 Å². The van der Waals surface area contributed by atoms with Crippen molar-refractivity contribution in [2.24, 2.45) is 0 Å². The lowest BCUT2D eigenvalue weighted by atomic mass is 10.5. The van der Waals surface area contributed by atoms with Gasteiger partial charge in [-0.1, -0.05) is 40.4 Å². The van der Waals surface area contributed by atoms with E-state index >= 15 is 0 Å². The smallest absolute Gasteiger partial charge is 0.463 e. The summed E-state index contributed by atoms with van der Waals surface area (Å²) >= 11 is 0. The molecule has 0 aromatic heterocycles. The first kappa shape index (κ1) is 26.2. The maximum atomic E-state index is 11.3. The minimum Gasteiger partial charge on any atom is -0.463 e. The molecule has 0 saturated heterocycles. The standard InChI is InChI=1S/C18H36O5Si4/c1-8-15(5)24-21-27(22-25-16(6)9-2,23-26-17(7)10-3)14-12-13-20-18(19)11-4/h8-11H,4,12-14,24-26H2,1-3,5-7H3. The second-order valence-electron chi connectivity index (χ2n) is 6.43. The van der Waals surface area contributed by atoms with E-state index in [0.717, 1.165) is 0 Å². The van der Waals surface area contributed by atoms with Crippen LogP contribution in [0.5, 0.6) is 0 Å². The molecule has 0 aliphatic heterocycles. The van der Waals surface area contributed by atoms with Gasteiger partial charge in [0, 0.05) is 12.1 Å². The van der Waals surface area contributed by atoms with Crippen LogP contribution in [0, 0.1) is 0 Å². The molecule has 0 spiro atoms. The molecule has 5 nitrogen and oxygen atoms in total. The van der Waals surface area contributed by atoms with Gasteiger partial charge in [-0.3, -0.25) is 0 Å². The van der Waals surface area contributed by atoms with Crippen molar-refractivity contribution in [2.45, 2.75) is 54.0 Å². The molecular formula is C18H36O5Si4. The molecule has 0 amide bonds. The maximum absolute atomic E-state index is 11.3. The fourth-order valence-corrected chi connectivity index (χ4v) is 13.2. The van der Waals surface area contributed by atoms with Crippen molar-refractivity contribution in [2.75, 3.05) is 6.61 Å². The first-order valence-electron chi connectivity index (χ1n) is 9.38. The van der Waals surface area contributed by atoms with Crippen LogP contribution in [0.2, 0.25) is 6.04 Å². The molecule has 0 aromatic rings. The highest BCUT2D eigenvalue weighted by atomic mass is 28.5. The molecule has 9 heteroatoms. The fourth-order valence-electron chi connectivity index (χ4n) is 1.78. The van der Waals surface area contributed by atoms with Gasteiger partial charge < -0.3 is 17.1 Å². The molecular weight excluding hydrogens is 409 g/mol. The van der Waals surface area contributed by atoms with Crippen molar-refractivity contribution in [1.29, 1.82) is 0 Å². The first-order chi connectivity index (χ1) is 12.8. The molecule has 0 heterocycles. The van der Waals surface area contributed by atoms with Crippen molar-refractivity contribution in [3.8, 4) is 0 Å². The van der Waals surface area contributed by atoms with Gasteiger partial charge in [-0.2, -0.15) is 0 Å². The highest BCUT2D eigenvalue weighted by Gasteiger charge is 2.39. The van der Waals surface area contributed by atoms with Gasteiger partial charge in [-0.05, 0) is 48.0 Å². The Morgan fingerprint density at radius 3 is 1.63 bits per heavy atom. The third kappa shape index (κ3) is 12.3. The highest BCUT2D eigenvalue weighted by molar-refractivity contribution is 6.75. The van der Waals surface area contributed by atoms with E-state index in [-0.39, 0.29) is 0 Å². The minimum atomic E-state index is -2.77. The molecule has 0 N–H and O–H groups in total. The average molecular weight is 445 g/mol. The molecule has 27 heavy (non-hydrogen) atoms. The van der Waals surface area contributed by atoms with Gasteiger partial charge >= 0.3 is 14.8 Å². The summed E-state index contributed by atoms with van der Waals surface area (Å²) in [6.45, 7) is 16.1. The van der Waals surface area contributed by atoms with Crippen LogP contribution >= 0.6 is 0 Å². The third-order valence-corrected chi connectivity index (χ3v) is 14.6. The van der Waals surface area contributed by atoms with E-state index in [0.29, 0.717) is 19.1 Å². The van der Waals surface area contributed by atoms with Gasteiger partial charge in [0.2, 0.25) is 0 Å². The van der Waals surface area contributed by atoms with E-state index in [4.69, 9.17) is 17.1 Å². The molecule has 0 radical (unpaired) electrons. The summed E-state index contributed by atoms with van der Waals surface area (Å²) in [7, 11) is -5.38. The summed E-state index contributed by atoms with van der Waals surface area (Å²) in [5, 5.41) is 3.85. The molecule has 0 aromatic carbocycles. The van der Waals surface area contributed by atoms with Crippen molar-refractivity contribution in [3.63, 3.8) is 0 Å². The predicted molar refractivity (Wildman–Crippen MR) is 124 cm³/mol. The van der Waals surface area contributed by atoms with Crippen molar-refractivity contribution < 1.29 is 21.9 Å². The van der Waals surface area contributed by atoms with Crippen LogP contribution in [0.4, 0.5) is 0 Å². The average Bonchev–Trinajstić information content (AvgIpc) is 2.70. The lowest BCUT2D eigenvalue weighted by molar-refractivity contribution is -0.137. The molecule has 0 bridgehead atoms. The summed E-state index contributed by atoms with van der Waals surface area (Å²) in [5.41, 5.74) is 0. The Hall–Kier alpha value is -0.822. The Balaban J connectivity index is 5.25. The fraction of sp³-hybridized carbons (Fsp3) is 0.500. The highest BCUT2D eigenvalue weighted by Crippen LogP contribution is 2.20. The second kappa shape index (κ2) is 15.1. The van der Waals surface area contributed by atoms with E-state index in [9.17, 15) is 4.79 Å². The Bertz CT molecular complexity index is 503. The number of hydrogen-bond donors (Lipinski definition) is 0. The number of rotatable bonds is 14. The summed E-state index contributed by atoms with van der Waals surface area (Å²) < 4.78 is 24.4. The van der Waals surface area contributed by atoms with E-state index in [2.05, 4.69) is 45.6 Å². The Labute approximate surface area is 173 Å². The molecule has 0 unspecified atom stereocenters. The van der Waals surface area contributed by atoms with Gasteiger partial charge in [-0.15, -0.1) is 0 Å². The zero-order valence-electron chi connectivity index (χ0n) is 17.8. The third-order valence-electron chi connectivity index (χ3n) is 4.08. The molecule has 0 rings (SSSR count). The van der Waals surface area contributed by atoms with Crippen LogP contribution in [-0.2, 0) is 21.9 Å².